The van der Waals surface area contributed by atoms with Crippen molar-refractivity contribution in [2.75, 3.05) is 13.2 Å². The van der Waals surface area contributed by atoms with Crippen molar-refractivity contribution in [1.29, 1.82) is 0 Å². The fourth-order valence-corrected chi connectivity index (χ4v) is 3.98. The van der Waals surface area contributed by atoms with Crippen LogP contribution in [0.25, 0.3) is 0 Å². The van der Waals surface area contributed by atoms with Crippen molar-refractivity contribution >= 4 is 0 Å². The van der Waals surface area contributed by atoms with Crippen LogP contribution in [0.4, 0.5) is 0 Å². The van der Waals surface area contributed by atoms with Gasteiger partial charge in [0.25, 0.3) is 0 Å². The highest BCUT2D eigenvalue weighted by Crippen LogP contribution is 2.36. The van der Waals surface area contributed by atoms with E-state index >= 15 is 0 Å². The number of rotatable bonds is 11. The third-order valence-corrected chi connectivity index (χ3v) is 5.50. The molecule has 2 nitrogen and oxygen atoms in total. The van der Waals surface area contributed by atoms with E-state index < -0.39 is 0 Å². The largest absolute Gasteiger partial charge is 0.493 e. The lowest BCUT2D eigenvalue weighted by Crippen LogP contribution is -2.38. The smallest absolute Gasteiger partial charge is 0.123 e. The van der Waals surface area contributed by atoms with Gasteiger partial charge in [-0.15, -0.1) is 0 Å². The van der Waals surface area contributed by atoms with Gasteiger partial charge in [0, 0.05) is 23.6 Å². The molecule has 154 valence electrons. The van der Waals surface area contributed by atoms with Crippen LogP contribution in [0.3, 0.4) is 0 Å². The van der Waals surface area contributed by atoms with Gasteiger partial charge >= 0.3 is 0 Å². The second kappa shape index (κ2) is 11.3. The molecule has 0 aromatic heterocycles. The zero-order valence-corrected chi connectivity index (χ0v) is 18.7. The van der Waals surface area contributed by atoms with Crippen molar-refractivity contribution in [1.82, 2.24) is 4.90 Å². The van der Waals surface area contributed by atoms with E-state index in [1.807, 2.05) is 0 Å². The maximum Gasteiger partial charge on any atom is 0.123 e. The number of hydrogen-bond acceptors (Lipinski definition) is 2. The Bertz CT molecular complexity index is 685. The van der Waals surface area contributed by atoms with Crippen molar-refractivity contribution in [2.24, 2.45) is 0 Å². The van der Waals surface area contributed by atoms with E-state index in [0.29, 0.717) is 18.0 Å². The van der Waals surface area contributed by atoms with Crippen LogP contribution < -0.4 is 4.74 Å². The van der Waals surface area contributed by atoms with E-state index in [9.17, 15) is 0 Å². The minimum absolute atomic E-state index is 0.345. The molecule has 28 heavy (non-hydrogen) atoms. The van der Waals surface area contributed by atoms with Gasteiger partial charge in [0.1, 0.15) is 5.75 Å². The van der Waals surface area contributed by atoms with Crippen LogP contribution in [0.15, 0.2) is 48.5 Å². The van der Waals surface area contributed by atoms with Gasteiger partial charge in [0.2, 0.25) is 0 Å². The molecular weight excluding hydrogens is 342 g/mol. The average Bonchev–Trinajstić information content (AvgIpc) is 2.66. The fraction of sp³-hybridized carbons (Fsp3) is 0.538. The van der Waals surface area contributed by atoms with Gasteiger partial charge in [-0.2, -0.15) is 0 Å². The third kappa shape index (κ3) is 6.38. The minimum Gasteiger partial charge on any atom is -0.493 e. The molecule has 2 rings (SSSR count). The van der Waals surface area contributed by atoms with Gasteiger partial charge in [0.05, 0.1) is 6.61 Å². The quantitative estimate of drug-likeness (QED) is 0.396. The molecule has 0 fully saturated rings. The van der Waals surface area contributed by atoms with E-state index in [0.717, 1.165) is 38.2 Å². The molecular formula is C26H39NO. The van der Waals surface area contributed by atoms with Gasteiger partial charge in [0.15, 0.2) is 0 Å². The molecule has 0 unspecified atom stereocenters. The molecule has 2 aromatic carbocycles. The summed E-state index contributed by atoms with van der Waals surface area (Å²) in [4.78, 5) is 2.59. The molecule has 0 bridgehead atoms. The third-order valence-electron chi connectivity index (χ3n) is 5.50. The van der Waals surface area contributed by atoms with E-state index in [-0.39, 0.29) is 0 Å². The molecule has 0 heterocycles. The molecule has 0 saturated heterocycles. The summed E-state index contributed by atoms with van der Waals surface area (Å²) in [5.74, 6) is 1.39. The zero-order chi connectivity index (χ0) is 20.5. The van der Waals surface area contributed by atoms with E-state index in [2.05, 4.69) is 95.0 Å². The van der Waals surface area contributed by atoms with Crippen LogP contribution in [0.2, 0.25) is 0 Å². The van der Waals surface area contributed by atoms with Crippen LogP contribution >= 0.6 is 0 Å². The molecule has 0 spiro atoms. The lowest BCUT2D eigenvalue weighted by atomic mass is 9.86. The first-order chi connectivity index (χ1) is 13.4. The summed E-state index contributed by atoms with van der Waals surface area (Å²) in [6.45, 7) is 15.4. The number of unbranched alkanes of at least 4 members (excludes halogenated alkanes) is 1. The normalized spacial score (nSPS) is 12.8. The number of ether oxygens (including phenoxy) is 1. The summed E-state index contributed by atoms with van der Waals surface area (Å²) in [6, 6.07) is 18.7. The Hall–Kier alpha value is -1.80. The number of nitrogens with zero attached hydrogens (tertiary/aromatic N) is 1. The van der Waals surface area contributed by atoms with E-state index in [4.69, 9.17) is 4.74 Å². The van der Waals surface area contributed by atoms with Crippen molar-refractivity contribution in [3.05, 3.63) is 65.2 Å². The lowest BCUT2D eigenvalue weighted by molar-refractivity contribution is 0.170. The van der Waals surface area contributed by atoms with Crippen LogP contribution in [0.5, 0.6) is 5.75 Å². The Kier molecular flexibility index (Phi) is 9.05. The maximum atomic E-state index is 6.22. The fourth-order valence-electron chi connectivity index (χ4n) is 3.98. The number of aryl methyl sites for hydroxylation is 1. The molecule has 0 aliphatic rings. The van der Waals surface area contributed by atoms with Crippen molar-refractivity contribution < 1.29 is 4.74 Å². The predicted octanol–water partition coefficient (Wildman–Crippen LogP) is 6.81. The minimum atomic E-state index is 0.345. The Morgan fingerprint density at radius 3 is 2.21 bits per heavy atom. The summed E-state index contributed by atoms with van der Waals surface area (Å²) in [5.41, 5.74) is 4.00. The standard InChI is InChI=1S/C26H39NO/c1-7-8-18-28-26-15-14-22(6)19-25(26)24(23-12-10-9-11-13-23)16-17-27(20(2)3)21(4)5/h9-15,19-21,24H,7-8,16-18H2,1-6H3/t24-/m1/s1. The topological polar surface area (TPSA) is 12.5 Å². The zero-order valence-electron chi connectivity index (χ0n) is 18.7. The van der Waals surface area contributed by atoms with Crippen molar-refractivity contribution in [3.8, 4) is 5.75 Å². The summed E-state index contributed by atoms with van der Waals surface area (Å²) < 4.78 is 6.22. The summed E-state index contributed by atoms with van der Waals surface area (Å²) >= 11 is 0. The number of benzene rings is 2. The van der Waals surface area contributed by atoms with Crippen molar-refractivity contribution in [3.63, 3.8) is 0 Å². The highest BCUT2D eigenvalue weighted by molar-refractivity contribution is 5.44. The van der Waals surface area contributed by atoms with Gasteiger partial charge in [-0.3, -0.25) is 4.90 Å². The monoisotopic (exact) mass is 381 g/mol. The van der Waals surface area contributed by atoms with Crippen LogP contribution in [-0.2, 0) is 0 Å². The SMILES string of the molecule is CCCCOc1ccc(C)cc1[C@H](CCN(C(C)C)C(C)C)c1ccccc1. The second-order valence-corrected chi connectivity index (χ2v) is 8.42. The van der Waals surface area contributed by atoms with Gasteiger partial charge in [-0.1, -0.05) is 61.4 Å². The highest BCUT2D eigenvalue weighted by Gasteiger charge is 2.22. The molecule has 0 aliphatic carbocycles. The first-order valence-corrected chi connectivity index (χ1v) is 11.0. The molecule has 1 atom stereocenters. The molecule has 0 N–H and O–H groups in total. The predicted molar refractivity (Wildman–Crippen MR) is 121 cm³/mol. The van der Waals surface area contributed by atoms with Crippen LogP contribution in [-0.4, -0.2) is 30.1 Å². The Morgan fingerprint density at radius 1 is 0.929 bits per heavy atom. The van der Waals surface area contributed by atoms with Crippen molar-refractivity contribution in [2.45, 2.75) is 78.8 Å². The Balaban J connectivity index is 2.35. The molecule has 0 amide bonds. The van der Waals surface area contributed by atoms with Crippen LogP contribution in [0.1, 0.15) is 76.5 Å². The highest BCUT2D eigenvalue weighted by atomic mass is 16.5. The molecule has 2 aromatic rings. The molecule has 2 heteroatoms. The molecule has 0 aliphatic heterocycles. The van der Waals surface area contributed by atoms with Crippen LogP contribution in [0, 0.1) is 6.92 Å². The van der Waals surface area contributed by atoms with Gasteiger partial charge < -0.3 is 4.74 Å². The van der Waals surface area contributed by atoms with E-state index in [1.54, 1.807) is 0 Å². The number of hydrogen-bond donors (Lipinski definition) is 0. The summed E-state index contributed by atoms with van der Waals surface area (Å²) in [5, 5.41) is 0. The van der Waals surface area contributed by atoms with E-state index in [1.165, 1.54) is 16.7 Å². The van der Waals surface area contributed by atoms with Gasteiger partial charge in [-0.25, -0.2) is 0 Å². The summed E-state index contributed by atoms with van der Waals surface area (Å²) in [7, 11) is 0. The first-order valence-electron chi connectivity index (χ1n) is 11.0. The summed E-state index contributed by atoms with van der Waals surface area (Å²) in [6.07, 6.45) is 3.34. The molecule has 0 saturated carbocycles. The Labute approximate surface area is 172 Å². The average molecular weight is 382 g/mol. The second-order valence-electron chi connectivity index (χ2n) is 8.42. The Morgan fingerprint density at radius 2 is 1.61 bits per heavy atom. The lowest BCUT2D eigenvalue weighted by Gasteiger charge is -2.32. The maximum absolute atomic E-state index is 6.22. The van der Waals surface area contributed by atoms with Gasteiger partial charge in [-0.05, 0) is 65.6 Å². The first kappa shape index (κ1) is 22.5. The molecule has 0 radical (unpaired) electrons.